The number of hydrogen-bond acceptors (Lipinski definition) is 0. The van der Waals surface area contributed by atoms with Crippen molar-refractivity contribution in [3.63, 3.8) is 0 Å². The summed E-state index contributed by atoms with van der Waals surface area (Å²) in [7, 11) is 0. The van der Waals surface area contributed by atoms with E-state index in [4.69, 9.17) is 0 Å². The predicted molar refractivity (Wildman–Crippen MR) is 225 cm³/mol. The molecule has 0 radical (unpaired) electrons. The average Bonchev–Trinajstić information content (AvgIpc) is 3.07. The van der Waals surface area contributed by atoms with Crippen LogP contribution in [0.4, 0.5) is 0 Å². The van der Waals surface area contributed by atoms with Crippen LogP contribution in [0.3, 0.4) is 0 Å². The molecule has 0 spiro atoms. The van der Waals surface area contributed by atoms with E-state index in [1.165, 1.54) is 29.5 Å². The lowest BCUT2D eigenvalue weighted by Gasteiger charge is -1.82. The minimum absolute atomic E-state index is 0. The molecule has 0 N–H and O–H groups in total. The van der Waals surface area contributed by atoms with Crippen LogP contribution in [0.5, 0.6) is 0 Å². The molecule has 0 heteroatoms. The van der Waals surface area contributed by atoms with Gasteiger partial charge in [0.05, 0.1) is 0 Å². The Morgan fingerprint density at radius 1 is 0.273 bits per heavy atom. The van der Waals surface area contributed by atoms with Gasteiger partial charge in [-0.05, 0) is 20.8 Å². The molecule has 44 heavy (non-hydrogen) atoms. The van der Waals surface area contributed by atoms with E-state index in [1.54, 1.807) is 0 Å². The maximum absolute atomic E-state index is 2.12. The van der Waals surface area contributed by atoms with Crippen molar-refractivity contribution < 1.29 is 0 Å². The van der Waals surface area contributed by atoms with Crippen molar-refractivity contribution in [1.82, 2.24) is 0 Å². The molecule has 0 aliphatic heterocycles. The van der Waals surface area contributed by atoms with Crippen LogP contribution in [0.1, 0.15) is 176 Å². The van der Waals surface area contributed by atoms with Gasteiger partial charge in [-0.25, -0.2) is 0 Å². The van der Waals surface area contributed by atoms with Crippen LogP contribution in [0.25, 0.3) is 0 Å². The first-order valence-electron chi connectivity index (χ1n) is 17.1. The summed E-state index contributed by atoms with van der Waals surface area (Å²) >= 11 is 0. The topological polar surface area (TPSA) is 0 Å². The third-order valence-corrected chi connectivity index (χ3v) is 2.82. The van der Waals surface area contributed by atoms with Crippen molar-refractivity contribution in [3.05, 3.63) is 108 Å². The van der Waals surface area contributed by atoms with E-state index in [-0.39, 0.29) is 22.3 Å². The fourth-order valence-electron chi connectivity index (χ4n) is 1.60. The minimum atomic E-state index is 0. The summed E-state index contributed by atoms with van der Waals surface area (Å²) in [5.74, 6) is 0. The standard InChI is InChI=1S/3C7H8.2C3H8.7C2H6.3CH4/c3*1-7-5-3-2-4-6-7;2*1-3-2;7*1-2;;;/h3*2-6H,1H3;2*3H2,1-2H3;7*1-2H3;3*1H4. The van der Waals surface area contributed by atoms with Gasteiger partial charge >= 0.3 is 0 Å². The van der Waals surface area contributed by atoms with Gasteiger partial charge in [0.1, 0.15) is 0 Å². The maximum atomic E-state index is 2.12. The van der Waals surface area contributed by atoms with Crippen molar-refractivity contribution >= 4 is 0 Å². The van der Waals surface area contributed by atoms with Crippen LogP contribution in [0.15, 0.2) is 91.0 Å². The lowest BCUT2D eigenvalue weighted by molar-refractivity contribution is 1.09. The molecule has 3 aromatic carbocycles. The monoisotopic (exact) mass is 623 g/mol. The Balaban J connectivity index is -0.0000000266. The Morgan fingerprint density at radius 2 is 0.364 bits per heavy atom. The smallest absolute Gasteiger partial charge is 0.0398 e. The number of rotatable bonds is 0. The zero-order chi connectivity index (χ0) is 34.8. The molecule has 0 saturated carbocycles. The SMILES string of the molecule is C.C.C.CC.CC.CC.CC.CC.CC.CC.CCC.CCC.Cc1ccccc1.Cc1ccccc1.Cc1ccccc1. The lowest BCUT2D eigenvalue weighted by atomic mass is 10.2. The molecule has 0 unspecified atom stereocenters. The molecule has 0 aliphatic rings. The minimum Gasteiger partial charge on any atom is -0.0776 e. The molecule has 0 atom stereocenters. The highest BCUT2D eigenvalue weighted by atomic mass is 13.8. The van der Waals surface area contributed by atoms with E-state index in [9.17, 15) is 0 Å². The van der Waals surface area contributed by atoms with Crippen molar-refractivity contribution in [2.45, 2.75) is 181 Å². The van der Waals surface area contributed by atoms with Gasteiger partial charge in [-0.2, -0.15) is 0 Å². The van der Waals surface area contributed by atoms with Crippen molar-refractivity contribution in [2.24, 2.45) is 0 Å². The molecule has 270 valence electrons. The van der Waals surface area contributed by atoms with Crippen LogP contribution < -0.4 is 0 Å². The van der Waals surface area contributed by atoms with E-state index in [1.807, 2.05) is 152 Å². The molecule has 0 nitrogen and oxygen atoms in total. The number of benzene rings is 3. The van der Waals surface area contributed by atoms with E-state index < -0.39 is 0 Å². The van der Waals surface area contributed by atoms with Gasteiger partial charge < -0.3 is 0 Å². The molecule has 0 amide bonds. The molecular weight excluding hydrogens is 528 g/mol. The third kappa shape index (κ3) is 126. The third-order valence-electron chi connectivity index (χ3n) is 2.82. The predicted octanol–water partition coefficient (Wildman–Crippen LogP) is 17.9. The largest absolute Gasteiger partial charge is 0.0776 e. The Bertz CT molecular complexity index is 506. The van der Waals surface area contributed by atoms with Gasteiger partial charge in [-0.3, -0.25) is 0 Å². The number of aryl methyl sites for hydroxylation is 3. The summed E-state index contributed by atoms with van der Waals surface area (Å²) in [4.78, 5) is 0. The molecular formula is C44H94. The highest BCUT2D eigenvalue weighted by Crippen LogP contribution is 1.93. The molecule has 0 aliphatic carbocycles. The second-order valence-corrected chi connectivity index (χ2v) is 6.38. The average molecular weight is 623 g/mol. The van der Waals surface area contributed by atoms with Crippen LogP contribution in [0.2, 0.25) is 0 Å². The summed E-state index contributed by atoms with van der Waals surface area (Å²) in [6.45, 7) is 42.8. The van der Waals surface area contributed by atoms with Crippen LogP contribution in [-0.4, -0.2) is 0 Å². The second-order valence-electron chi connectivity index (χ2n) is 6.38. The molecule has 3 aromatic rings. The van der Waals surface area contributed by atoms with Crippen molar-refractivity contribution in [2.75, 3.05) is 0 Å². The Morgan fingerprint density at radius 3 is 0.409 bits per heavy atom. The van der Waals surface area contributed by atoms with E-state index in [0.29, 0.717) is 0 Å². The molecule has 3 rings (SSSR count). The first-order chi connectivity index (χ1) is 20.0. The summed E-state index contributed by atoms with van der Waals surface area (Å²) in [6.07, 6.45) is 2.50. The maximum Gasteiger partial charge on any atom is -0.0398 e. The molecule has 0 heterocycles. The Kier molecular flexibility index (Phi) is 203. The quantitative estimate of drug-likeness (QED) is 0.234. The van der Waals surface area contributed by atoms with Gasteiger partial charge in [-0.15, -0.1) is 0 Å². The van der Waals surface area contributed by atoms with Gasteiger partial charge in [0.15, 0.2) is 0 Å². The van der Waals surface area contributed by atoms with Crippen LogP contribution >= 0.6 is 0 Å². The highest BCUT2D eigenvalue weighted by Gasteiger charge is 1.73. The molecule has 0 bridgehead atoms. The lowest BCUT2D eigenvalue weighted by Crippen LogP contribution is -1.62. The van der Waals surface area contributed by atoms with Gasteiger partial charge in [0.2, 0.25) is 0 Å². The molecule has 0 fully saturated rings. The normalized spacial score (nSPS) is 5.93. The van der Waals surface area contributed by atoms with Crippen LogP contribution in [-0.2, 0) is 0 Å². The summed E-state index contributed by atoms with van der Waals surface area (Å²) in [6, 6.07) is 30.8. The van der Waals surface area contributed by atoms with Gasteiger partial charge in [0, 0.05) is 0 Å². The van der Waals surface area contributed by atoms with Gasteiger partial charge in [-0.1, -0.05) is 267 Å². The highest BCUT2D eigenvalue weighted by molar-refractivity contribution is 5.13. The van der Waals surface area contributed by atoms with E-state index in [2.05, 4.69) is 84.9 Å². The molecule has 0 saturated heterocycles. The van der Waals surface area contributed by atoms with Crippen molar-refractivity contribution in [3.8, 4) is 0 Å². The van der Waals surface area contributed by atoms with Gasteiger partial charge in [0.25, 0.3) is 0 Å². The molecule has 0 aromatic heterocycles. The van der Waals surface area contributed by atoms with Crippen LogP contribution in [0, 0.1) is 20.8 Å². The summed E-state index contributed by atoms with van der Waals surface area (Å²) < 4.78 is 0. The van der Waals surface area contributed by atoms with E-state index in [0.717, 1.165) is 0 Å². The summed E-state index contributed by atoms with van der Waals surface area (Å²) in [5, 5.41) is 0. The van der Waals surface area contributed by atoms with Crippen molar-refractivity contribution in [1.29, 1.82) is 0 Å². The Hall–Kier alpha value is -2.34. The summed E-state index contributed by atoms with van der Waals surface area (Å²) in [5.41, 5.74) is 3.97. The second kappa shape index (κ2) is 114. The zero-order valence-corrected chi connectivity index (χ0v) is 32.6. The first kappa shape index (κ1) is 78.3. The number of hydrogen-bond donors (Lipinski definition) is 0. The van der Waals surface area contributed by atoms with E-state index >= 15 is 0 Å². The fourth-order valence-corrected chi connectivity index (χ4v) is 1.60. The zero-order valence-electron chi connectivity index (χ0n) is 32.6. The Labute approximate surface area is 287 Å². The first-order valence-corrected chi connectivity index (χ1v) is 17.1. The fraction of sp³-hybridized carbons (Fsp3) is 0.591.